The Bertz CT molecular complexity index is 1050. The molecule has 11 heteroatoms. The van der Waals surface area contributed by atoms with Crippen molar-refractivity contribution in [3.8, 4) is 5.75 Å². The number of H-pyrrole nitrogens is 1. The van der Waals surface area contributed by atoms with Gasteiger partial charge in [0.2, 0.25) is 5.95 Å². The first-order chi connectivity index (χ1) is 17.6. The summed E-state index contributed by atoms with van der Waals surface area (Å²) in [5.41, 5.74) is 16.1. The van der Waals surface area contributed by atoms with Crippen molar-refractivity contribution in [2.45, 2.75) is 64.3 Å². The molecule has 0 aliphatic carbocycles. The molecule has 10 nitrogen and oxygen atoms in total. The van der Waals surface area contributed by atoms with Crippen LogP contribution in [0.1, 0.15) is 67.2 Å². The lowest BCUT2D eigenvalue weighted by atomic mass is 9.97. The van der Waals surface area contributed by atoms with Gasteiger partial charge in [-0.15, -0.1) is 10.2 Å². The number of hydrogen-bond donors (Lipinski definition) is 4. The number of hydrogen-bond acceptors (Lipinski definition) is 10. The molecule has 0 fully saturated rings. The minimum Gasteiger partial charge on any atom is -0.496 e. The fourth-order valence-corrected chi connectivity index (χ4v) is 4.75. The highest BCUT2D eigenvalue weighted by Crippen LogP contribution is 2.30. The number of nitrogens with two attached hydrogens (primary N) is 2. The maximum Gasteiger partial charge on any atom is 0.222 e. The van der Waals surface area contributed by atoms with Crippen molar-refractivity contribution < 1.29 is 4.74 Å². The normalized spacial score (nSPS) is 12.0. The van der Waals surface area contributed by atoms with Gasteiger partial charge in [0.05, 0.1) is 12.8 Å². The first-order valence-corrected chi connectivity index (χ1v) is 14.0. The molecule has 2 heterocycles. The molecular weight excluding hydrogens is 474 g/mol. The number of anilines is 2. The van der Waals surface area contributed by atoms with E-state index >= 15 is 0 Å². The zero-order chi connectivity index (χ0) is 25.8. The van der Waals surface area contributed by atoms with Gasteiger partial charge in [-0.1, -0.05) is 37.1 Å². The van der Waals surface area contributed by atoms with Crippen LogP contribution < -0.4 is 21.5 Å². The van der Waals surface area contributed by atoms with Gasteiger partial charge in [-0.05, 0) is 61.4 Å². The summed E-state index contributed by atoms with van der Waals surface area (Å²) in [6, 6.07) is 6.46. The van der Waals surface area contributed by atoms with Crippen LogP contribution in [-0.2, 0) is 19.3 Å². The molecule has 0 aliphatic rings. The standard InChI is InChI=1S/C25H39N9OS/c1-4-5-7-19(11-13-36-3)28-24-20(21(8-6-12-26)29-25(27)30-24)16-18-14-17(9-10-22(18)35-2)15-23-31-33-34-32-23/h9-10,14,19H,4-8,11-13,15-16,26H2,1-3H3,(H3,27,28,29,30)(H,31,32,33,34)/t19-/m0/s1. The summed E-state index contributed by atoms with van der Waals surface area (Å²) < 4.78 is 5.72. The number of nitrogens with zero attached hydrogens (tertiary/aromatic N) is 5. The largest absolute Gasteiger partial charge is 0.496 e. The Kier molecular flexibility index (Phi) is 11.2. The Morgan fingerprint density at radius 2 is 2.03 bits per heavy atom. The lowest BCUT2D eigenvalue weighted by Crippen LogP contribution is -2.23. The summed E-state index contributed by atoms with van der Waals surface area (Å²) in [4.78, 5) is 9.31. The number of unbranched alkanes of at least 4 members (excludes halogenated alkanes) is 1. The minimum absolute atomic E-state index is 0.283. The number of methoxy groups -OCH3 is 1. The van der Waals surface area contributed by atoms with Gasteiger partial charge in [-0.3, -0.25) is 0 Å². The molecule has 0 spiro atoms. The van der Waals surface area contributed by atoms with Crippen LogP contribution in [-0.4, -0.2) is 62.3 Å². The molecule has 3 aromatic rings. The van der Waals surface area contributed by atoms with Crippen molar-refractivity contribution in [1.29, 1.82) is 0 Å². The summed E-state index contributed by atoms with van der Waals surface area (Å²) in [6.07, 6.45) is 9.35. The highest BCUT2D eigenvalue weighted by Gasteiger charge is 2.19. The molecule has 36 heavy (non-hydrogen) atoms. The van der Waals surface area contributed by atoms with Crippen LogP contribution in [0.5, 0.6) is 5.75 Å². The third kappa shape index (κ3) is 8.06. The van der Waals surface area contributed by atoms with Crippen LogP contribution in [0.25, 0.3) is 0 Å². The van der Waals surface area contributed by atoms with Crippen molar-refractivity contribution in [1.82, 2.24) is 30.6 Å². The summed E-state index contributed by atoms with van der Waals surface area (Å²) in [6.45, 7) is 2.81. The Morgan fingerprint density at radius 1 is 1.17 bits per heavy atom. The van der Waals surface area contributed by atoms with Crippen LogP contribution >= 0.6 is 11.8 Å². The SMILES string of the molecule is CCCC[C@@H](CCSC)Nc1nc(N)nc(CCCN)c1Cc1cc(Cc2nn[nH]n2)ccc1OC. The number of tetrazole rings is 1. The number of aromatic amines is 1. The molecule has 2 aromatic heterocycles. The van der Waals surface area contributed by atoms with E-state index in [4.69, 9.17) is 16.2 Å². The maximum atomic E-state index is 6.18. The Labute approximate surface area is 217 Å². The molecule has 0 amide bonds. The quantitative estimate of drug-likeness (QED) is 0.224. The molecule has 1 aromatic carbocycles. The first-order valence-electron chi connectivity index (χ1n) is 12.6. The van der Waals surface area contributed by atoms with E-state index in [0.717, 1.165) is 78.2 Å². The second-order valence-electron chi connectivity index (χ2n) is 8.84. The number of nitrogens with one attached hydrogen (secondary N) is 2. The average Bonchev–Trinajstić information content (AvgIpc) is 3.39. The second-order valence-corrected chi connectivity index (χ2v) is 9.83. The number of benzene rings is 1. The van der Waals surface area contributed by atoms with Crippen LogP contribution in [0.4, 0.5) is 11.8 Å². The minimum atomic E-state index is 0.283. The van der Waals surface area contributed by atoms with Gasteiger partial charge in [0, 0.05) is 24.4 Å². The van der Waals surface area contributed by atoms with E-state index in [0.29, 0.717) is 31.3 Å². The average molecular weight is 514 g/mol. The molecule has 0 unspecified atom stereocenters. The summed E-state index contributed by atoms with van der Waals surface area (Å²) in [7, 11) is 1.69. The fourth-order valence-electron chi connectivity index (χ4n) is 4.23. The summed E-state index contributed by atoms with van der Waals surface area (Å²) in [5, 5.41) is 18.1. The second kappa shape index (κ2) is 14.6. The maximum absolute atomic E-state index is 6.18. The van der Waals surface area contributed by atoms with Crippen molar-refractivity contribution in [3.63, 3.8) is 0 Å². The van der Waals surface area contributed by atoms with E-state index in [1.807, 2.05) is 23.9 Å². The van der Waals surface area contributed by atoms with E-state index in [9.17, 15) is 0 Å². The highest BCUT2D eigenvalue weighted by molar-refractivity contribution is 7.98. The molecule has 6 N–H and O–H groups in total. The number of thioether (sulfide) groups is 1. The monoisotopic (exact) mass is 513 g/mol. The zero-order valence-corrected chi connectivity index (χ0v) is 22.4. The fraction of sp³-hybridized carbons (Fsp3) is 0.560. The lowest BCUT2D eigenvalue weighted by molar-refractivity contribution is 0.410. The molecule has 0 aliphatic heterocycles. The van der Waals surface area contributed by atoms with Crippen molar-refractivity contribution >= 4 is 23.5 Å². The van der Waals surface area contributed by atoms with Gasteiger partial charge in [-0.25, -0.2) is 4.98 Å². The lowest BCUT2D eigenvalue weighted by Gasteiger charge is -2.23. The van der Waals surface area contributed by atoms with Gasteiger partial charge < -0.3 is 21.5 Å². The molecular formula is C25H39N9OS. The van der Waals surface area contributed by atoms with E-state index in [1.54, 1.807) is 7.11 Å². The molecule has 0 saturated carbocycles. The molecule has 3 rings (SSSR count). The van der Waals surface area contributed by atoms with Crippen LogP contribution in [0, 0.1) is 0 Å². The zero-order valence-electron chi connectivity index (χ0n) is 21.6. The number of nitrogen functional groups attached to an aromatic ring is 1. The van der Waals surface area contributed by atoms with E-state index in [-0.39, 0.29) is 5.95 Å². The van der Waals surface area contributed by atoms with E-state index in [2.05, 4.69) is 55.2 Å². The number of rotatable bonds is 16. The molecule has 1 atom stereocenters. The highest BCUT2D eigenvalue weighted by atomic mass is 32.2. The first kappa shape index (κ1) is 27.7. The number of aromatic nitrogens is 6. The Balaban J connectivity index is 1.98. The van der Waals surface area contributed by atoms with Crippen molar-refractivity contribution in [3.05, 3.63) is 46.4 Å². The van der Waals surface area contributed by atoms with Gasteiger partial charge in [0.25, 0.3) is 0 Å². The van der Waals surface area contributed by atoms with Crippen molar-refractivity contribution in [2.75, 3.05) is 36.7 Å². The third-order valence-corrected chi connectivity index (χ3v) is 6.75. The summed E-state index contributed by atoms with van der Waals surface area (Å²) >= 11 is 1.86. The number of ether oxygens (including phenoxy) is 1. The predicted molar refractivity (Wildman–Crippen MR) is 147 cm³/mol. The Hall–Kier alpha value is -2.92. The van der Waals surface area contributed by atoms with Gasteiger partial charge in [0.1, 0.15) is 11.6 Å². The van der Waals surface area contributed by atoms with Gasteiger partial charge in [0.15, 0.2) is 5.82 Å². The van der Waals surface area contributed by atoms with Crippen LogP contribution in [0.2, 0.25) is 0 Å². The molecule has 0 saturated heterocycles. The van der Waals surface area contributed by atoms with Gasteiger partial charge >= 0.3 is 0 Å². The molecule has 196 valence electrons. The van der Waals surface area contributed by atoms with Crippen LogP contribution in [0.15, 0.2) is 18.2 Å². The van der Waals surface area contributed by atoms with Crippen LogP contribution in [0.3, 0.4) is 0 Å². The van der Waals surface area contributed by atoms with E-state index < -0.39 is 0 Å². The molecule has 0 bridgehead atoms. The smallest absolute Gasteiger partial charge is 0.222 e. The Morgan fingerprint density at radius 3 is 2.72 bits per heavy atom. The van der Waals surface area contributed by atoms with Crippen molar-refractivity contribution in [2.24, 2.45) is 5.73 Å². The van der Waals surface area contributed by atoms with E-state index in [1.165, 1.54) is 0 Å². The molecule has 0 radical (unpaired) electrons. The topological polar surface area (TPSA) is 154 Å². The van der Waals surface area contributed by atoms with Gasteiger partial charge in [-0.2, -0.15) is 22.0 Å². The predicted octanol–water partition coefficient (Wildman–Crippen LogP) is 3.38. The number of aryl methyl sites for hydroxylation is 1. The summed E-state index contributed by atoms with van der Waals surface area (Å²) in [5.74, 6) is 3.63. The third-order valence-electron chi connectivity index (χ3n) is 6.11.